The first-order valence-electron chi connectivity index (χ1n) is 5.50. The van der Waals surface area contributed by atoms with Gasteiger partial charge in [-0.25, -0.2) is 0 Å². The summed E-state index contributed by atoms with van der Waals surface area (Å²) in [5.41, 5.74) is 0.567. The van der Waals surface area contributed by atoms with Crippen LogP contribution in [0.4, 0.5) is 0 Å². The number of rotatable bonds is 3. The fourth-order valence-corrected chi connectivity index (χ4v) is 1.46. The van der Waals surface area contributed by atoms with Gasteiger partial charge in [-0.3, -0.25) is 0 Å². The maximum absolute atomic E-state index is 7.46. The Balaban J connectivity index is 2.90. The third-order valence-electron chi connectivity index (χ3n) is 3.17. The van der Waals surface area contributed by atoms with Crippen molar-refractivity contribution in [2.75, 3.05) is 7.05 Å². The molecule has 0 aliphatic carbocycles. The van der Waals surface area contributed by atoms with Gasteiger partial charge in [0.25, 0.3) is 0 Å². The van der Waals surface area contributed by atoms with E-state index in [2.05, 4.69) is 5.32 Å². The molecule has 0 saturated carbocycles. The summed E-state index contributed by atoms with van der Waals surface area (Å²) in [5.74, 6) is 0. The predicted molar refractivity (Wildman–Crippen MR) is 66.6 cm³/mol. The Hall–Kier alpha value is -0.805. The summed E-state index contributed by atoms with van der Waals surface area (Å²) < 4.78 is 11.7. The number of nitrogens with one attached hydrogen (secondary N) is 2. The number of hydrogen-bond donors (Lipinski definition) is 2. The van der Waals surface area contributed by atoms with Crippen LogP contribution in [0.2, 0.25) is 0 Å². The fourth-order valence-electron chi connectivity index (χ4n) is 1.46. The predicted octanol–water partition coefficient (Wildman–Crippen LogP) is 1.76. The molecule has 16 heavy (non-hydrogen) atoms. The molecule has 0 aromatic rings. The zero-order chi connectivity index (χ0) is 12.6. The molecule has 90 valence electrons. The Morgan fingerprint density at radius 2 is 1.62 bits per heavy atom. The van der Waals surface area contributed by atoms with Gasteiger partial charge >= 0.3 is 7.12 Å². The molecule has 0 radical (unpaired) electrons. The van der Waals surface area contributed by atoms with Crippen molar-refractivity contribution in [3.63, 3.8) is 0 Å². The van der Waals surface area contributed by atoms with Gasteiger partial charge in [0.2, 0.25) is 0 Å². The van der Waals surface area contributed by atoms with E-state index < -0.39 is 7.12 Å². The molecule has 0 atom stereocenters. The van der Waals surface area contributed by atoms with E-state index in [1.807, 2.05) is 27.7 Å². The second-order valence-corrected chi connectivity index (χ2v) is 5.12. The summed E-state index contributed by atoms with van der Waals surface area (Å²) in [4.78, 5) is 0. The summed E-state index contributed by atoms with van der Waals surface area (Å²) in [6, 6.07) is 0. The normalized spacial score (nSPS) is 23.4. The minimum atomic E-state index is -0.421. The summed E-state index contributed by atoms with van der Waals surface area (Å²) >= 11 is 0. The van der Waals surface area contributed by atoms with E-state index in [4.69, 9.17) is 14.7 Å². The van der Waals surface area contributed by atoms with Gasteiger partial charge in [-0.1, -0.05) is 0 Å². The monoisotopic (exact) mass is 224 g/mol. The van der Waals surface area contributed by atoms with Crippen molar-refractivity contribution in [3.8, 4) is 0 Å². The van der Waals surface area contributed by atoms with Crippen LogP contribution in [0.5, 0.6) is 0 Å². The van der Waals surface area contributed by atoms with E-state index in [-0.39, 0.29) is 11.2 Å². The van der Waals surface area contributed by atoms with Crippen molar-refractivity contribution in [2.24, 2.45) is 0 Å². The van der Waals surface area contributed by atoms with Crippen LogP contribution in [0, 0.1) is 5.41 Å². The minimum absolute atomic E-state index is 0.344. The molecule has 1 aliphatic rings. The lowest BCUT2D eigenvalue weighted by atomic mass is 9.83. The summed E-state index contributed by atoms with van der Waals surface area (Å²) in [7, 11) is 1.38. The van der Waals surface area contributed by atoms with Gasteiger partial charge in [-0.15, -0.1) is 0 Å². The number of allylic oxidation sites excluding steroid dienone is 1. The third-order valence-corrected chi connectivity index (χ3v) is 3.17. The van der Waals surface area contributed by atoms with Crippen LogP contribution in [0.25, 0.3) is 0 Å². The number of hydrogen-bond acceptors (Lipinski definition) is 4. The molecule has 5 heteroatoms. The Morgan fingerprint density at radius 3 is 1.94 bits per heavy atom. The average Bonchev–Trinajstić information content (AvgIpc) is 2.31. The van der Waals surface area contributed by atoms with E-state index >= 15 is 0 Å². The van der Waals surface area contributed by atoms with Crippen LogP contribution in [0.15, 0.2) is 11.7 Å². The van der Waals surface area contributed by atoms with E-state index in [1.54, 1.807) is 20.0 Å². The highest BCUT2D eigenvalue weighted by atomic mass is 16.7. The first-order valence-corrected chi connectivity index (χ1v) is 5.50. The van der Waals surface area contributed by atoms with Crippen LogP contribution < -0.4 is 5.32 Å². The second-order valence-electron chi connectivity index (χ2n) is 5.12. The van der Waals surface area contributed by atoms with Crippen LogP contribution in [0.1, 0.15) is 34.6 Å². The Bertz CT molecular complexity index is 308. The van der Waals surface area contributed by atoms with Gasteiger partial charge in [0.15, 0.2) is 0 Å². The van der Waals surface area contributed by atoms with Crippen molar-refractivity contribution < 1.29 is 9.31 Å². The molecule has 0 amide bonds. The van der Waals surface area contributed by atoms with Crippen LogP contribution >= 0.6 is 0 Å². The average molecular weight is 224 g/mol. The molecule has 2 N–H and O–H groups in total. The third kappa shape index (κ3) is 2.47. The van der Waals surface area contributed by atoms with Crippen LogP contribution in [-0.2, 0) is 9.31 Å². The molecule has 1 saturated heterocycles. The van der Waals surface area contributed by atoms with Crippen molar-refractivity contribution in [3.05, 3.63) is 11.7 Å². The first kappa shape index (κ1) is 13.3. The molecule has 1 heterocycles. The van der Waals surface area contributed by atoms with E-state index in [0.29, 0.717) is 5.71 Å². The van der Waals surface area contributed by atoms with Gasteiger partial charge in [-0.2, -0.15) is 0 Å². The van der Waals surface area contributed by atoms with Crippen molar-refractivity contribution in [1.29, 1.82) is 5.41 Å². The summed E-state index contributed by atoms with van der Waals surface area (Å²) in [6.45, 7) is 9.77. The second kappa shape index (κ2) is 4.22. The first-order chi connectivity index (χ1) is 7.19. The summed E-state index contributed by atoms with van der Waals surface area (Å²) in [6.07, 6.45) is 1.72. The highest BCUT2D eigenvalue weighted by molar-refractivity contribution is 6.55. The van der Waals surface area contributed by atoms with Gasteiger partial charge in [0.05, 0.1) is 11.2 Å². The summed E-state index contributed by atoms with van der Waals surface area (Å²) in [5, 5.41) is 10.5. The molecular formula is C11H21BN2O2. The maximum atomic E-state index is 7.46. The van der Waals surface area contributed by atoms with Crippen LogP contribution in [-0.4, -0.2) is 31.1 Å². The molecule has 0 aromatic carbocycles. The standard InChI is InChI=1S/C11H21BN2O2/c1-8(13)7-9(14-6)12-15-10(2,3)11(4,5)16-12/h7,13-14H,1-6H3/b9-7-,13-8?. The molecule has 0 spiro atoms. The molecule has 0 bridgehead atoms. The van der Waals surface area contributed by atoms with Gasteiger partial charge < -0.3 is 20.0 Å². The molecule has 0 aromatic heterocycles. The Kier molecular flexibility index (Phi) is 3.50. The molecule has 1 rings (SSSR count). The van der Waals surface area contributed by atoms with Gasteiger partial charge in [-0.05, 0) is 40.7 Å². The molecule has 1 aliphatic heterocycles. The fraction of sp³-hybridized carbons (Fsp3) is 0.727. The van der Waals surface area contributed by atoms with Gasteiger partial charge in [0.1, 0.15) is 0 Å². The lowest BCUT2D eigenvalue weighted by molar-refractivity contribution is 0.00578. The van der Waals surface area contributed by atoms with Crippen molar-refractivity contribution >= 4 is 12.8 Å². The topological polar surface area (TPSA) is 54.3 Å². The Morgan fingerprint density at radius 1 is 1.19 bits per heavy atom. The smallest absolute Gasteiger partial charge is 0.398 e. The minimum Gasteiger partial charge on any atom is -0.398 e. The zero-order valence-electron chi connectivity index (χ0n) is 11.0. The van der Waals surface area contributed by atoms with E-state index in [1.165, 1.54) is 0 Å². The van der Waals surface area contributed by atoms with Crippen molar-refractivity contribution in [1.82, 2.24) is 5.32 Å². The molecular weight excluding hydrogens is 203 g/mol. The zero-order valence-corrected chi connectivity index (χ0v) is 11.0. The van der Waals surface area contributed by atoms with Crippen molar-refractivity contribution in [2.45, 2.75) is 45.8 Å². The van der Waals surface area contributed by atoms with Gasteiger partial charge in [0, 0.05) is 18.4 Å². The highest BCUT2D eigenvalue weighted by Crippen LogP contribution is 2.37. The largest absolute Gasteiger partial charge is 0.511 e. The lowest BCUT2D eigenvalue weighted by Gasteiger charge is -2.32. The molecule has 4 nitrogen and oxygen atoms in total. The lowest BCUT2D eigenvalue weighted by Crippen LogP contribution is -2.41. The highest BCUT2D eigenvalue weighted by Gasteiger charge is 2.52. The SMILES string of the molecule is CN/C(=C\C(C)=N)B1OC(C)(C)C(C)(C)O1. The van der Waals surface area contributed by atoms with E-state index in [0.717, 1.165) is 5.60 Å². The van der Waals surface area contributed by atoms with E-state index in [9.17, 15) is 0 Å². The van der Waals surface area contributed by atoms with Crippen LogP contribution in [0.3, 0.4) is 0 Å². The Labute approximate surface area is 98.0 Å². The molecule has 0 unspecified atom stereocenters. The molecule has 1 fully saturated rings. The maximum Gasteiger partial charge on any atom is 0.511 e. The quantitative estimate of drug-likeness (QED) is 0.567.